The first-order valence-corrected chi connectivity index (χ1v) is 9.48. The van der Waals surface area contributed by atoms with Gasteiger partial charge >= 0.3 is 0 Å². The summed E-state index contributed by atoms with van der Waals surface area (Å²) in [6.45, 7) is -0.716. The van der Waals surface area contributed by atoms with Crippen LogP contribution in [0.5, 0.6) is 23.0 Å². The van der Waals surface area contributed by atoms with E-state index in [1.807, 2.05) is 0 Å². The predicted molar refractivity (Wildman–Crippen MR) is 107 cm³/mol. The van der Waals surface area contributed by atoms with Gasteiger partial charge < -0.3 is 50.0 Å². The highest BCUT2D eigenvalue weighted by Gasteiger charge is 2.46. The number of ether oxygens (including phenoxy) is 1. The van der Waals surface area contributed by atoms with E-state index in [2.05, 4.69) is 0 Å². The summed E-state index contributed by atoms with van der Waals surface area (Å²) in [5.41, 5.74) is -1.65. The van der Waals surface area contributed by atoms with Crippen LogP contribution < -0.4 is 5.43 Å². The van der Waals surface area contributed by atoms with Crippen molar-refractivity contribution in [3.8, 4) is 34.1 Å². The molecule has 0 bridgehead atoms. The number of benzene rings is 2. The van der Waals surface area contributed by atoms with E-state index in [9.17, 15) is 45.6 Å². The Labute approximate surface area is 179 Å². The van der Waals surface area contributed by atoms with Crippen LogP contribution in [0.15, 0.2) is 39.7 Å². The fourth-order valence-corrected chi connectivity index (χ4v) is 3.84. The van der Waals surface area contributed by atoms with Crippen molar-refractivity contribution in [1.29, 1.82) is 0 Å². The Morgan fingerprint density at radius 1 is 0.844 bits per heavy atom. The minimum Gasteiger partial charge on any atom is -0.508 e. The Kier molecular flexibility index (Phi) is 5.44. The third-order valence-electron chi connectivity index (χ3n) is 5.49. The number of phenolic OH excluding ortho intramolecular Hbond substituents is 4. The van der Waals surface area contributed by atoms with Crippen LogP contribution in [0.25, 0.3) is 22.1 Å². The summed E-state index contributed by atoms with van der Waals surface area (Å²) in [4.78, 5) is 13.1. The number of hydrogen-bond donors (Lipinski definition) is 8. The lowest BCUT2D eigenvalue weighted by Gasteiger charge is -2.40. The van der Waals surface area contributed by atoms with E-state index in [0.717, 1.165) is 18.4 Å². The lowest BCUT2D eigenvalue weighted by molar-refractivity contribution is -0.231. The van der Waals surface area contributed by atoms with Crippen LogP contribution in [0.2, 0.25) is 0 Å². The van der Waals surface area contributed by atoms with Crippen molar-refractivity contribution < 1.29 is 50.0 Å². The van der Waals surface area contributed by atoms with Gasteiger partial charge in [0.25, 0.3) is 0 Å². The van der Waals surface area contributed by atoms with Gasteiger partial charge in [0.15, 0.2) is 5.58 Å². The monoisotopic (exact) mass is 448 g/mol. The molecular weight excluding hydrogens is 428 g/mol. The highest BCUT2D eigenvalue weighted by molar-refractivity contribution is 5.91. The predicted octanol–water partition coefficient (Wildman–Crippen LogP) is -0.203. The second-order valence-corrected chi connectivity index (χ2v) is 7.46. The normalized spacial score (nSPS) is 25.8. The van der Waals surface area contributed by atoms with Crippen LogP contribution in [0.4, 0.5) is 0 Å². The summed E-state index contributed by atoms with van der Waals surface area (Å²) in [5.74, 6) is -1.97. The smallest absolute Gasteiger partial charge is 0.204 e. The number of aliphatic hydroxyl groups excluding tert-OH is 4. The first kappa shape index (κ1) is 21.9. The van der Waals surface area contributed by atoms with Crippen molar-refractivity contribution in [3.63, 3.8) is 0 Å². The molecule has 0 amide bonds. The van der Waals surface area contributed by atoms with Gasteiger partial charge in [-0.3, -0.25) is 4.79 Å². The SMILES string of the molecule is O=c1c(-c2ccc(O)cc2O)coc2c([C@@H]3O[C@H](CO)[C@@H](O)[C@H](O)[C@H]3O)c(O)cc(O)c12. The van der Waals surface area contributed by atoms with Crippen molar-refractivity contribution in [3.05, 3.63) is 46.3 Å². The fraction of sp³-hybridized carbons (Fsp3) is 0.286. The molecule has 1 aliphatic rings. The van der Waals surface area contributed by atoms with Crippen molar-refractivity contribution in [2.75, 3.05) is 6.61 Å². The van der Waals surface area contributed by atoms with Crippen molar-refractivity contribution in [2.24, 2.45) is 0 Å². The molecule has 32 heavy (non-hydrogen) atoms. The Bertz CT molecular complexity index is 1230. The fourth-order valence-electron chi connectivity index (χ4n) is 3.84. The Balaban J connectivity index is 1.94. The summed E-state index contributed by atoms with van der Waals surface area (Å²) < 4.78 is 10.9. The van der Waals surface area contributed by atoms with Crippen LogP contribution in [0, 0.1) is 0 Å². The molecule has 3 aromatic rings. The molecule has 0 radical (unpaired) electrons. The van der Waals surface area contributed by atoms with E-state index < -0.39 is 65.2 Å². The Morgan fingerprint density at radius 2 is 1.56 bits per heavy atom. The van der Waals surface area contributed by atoms with Crippen molar-refractivity contribution in [1.82, 2.24) is 0 Å². The van der Waals surface area contributed by atoms with Crippen LogP contribution in [0.1, 0.15) is 11.7 Å². The summed E-state index contributed by atoms with van der Waals surface area (Å²) in [5, 5.41) is 79.8. The van der Waals surface area contributed by atoms with Crippen molar-refractivity contribution >= 4 is 11.0 Å². The molecule has 0 unspecified atom stereocenters. The van der Waals surface area contributed by atoms with Gasteiger partial charge in [-0.2, -0.15) is 0 Å². The van der Waals surface area contributed by atoms with E-state index in [4.69, 9.17) is 9.15 Å². The second-order valence-electron chi connectivity index (χ2n) is 7.46. The largest absolute Gasteiger partial charge is 0.508 e. The van der Waals surface area contributed by atoms with E-state index in [1.54, 1.807) is 0 Å². The van der Waals surface area contributed by atoms with Crippen LogP contribution in [-0.4, -0.2) is 71.9 Å². The van der Waals surface area contributed by atoms with E-state index in [1.165, 1.54) is 12.1 Å². The molecule has 1 saturated heterocycles. The maximum absolute atomic E-state index is 13.1. The average molecular weight is 448 g/mol. The van der Waals surface area contributed by atoms with Crippen molar-refractivity contribution in [2.45, 2.75) is 30.5 Å². The number of phenols is 4. The molecule has 0 aliphatic carbocycles. The third-order valence-corrected chi connectivity index (χ3v) is 5.49. The third kappa shape index (κ3) is 3.32. The number of fused-ring (bicyclic) bond motifs is 1. The van der Waals surface area contributed by atoms with E-state index >= 15 is 0 Å². The van der Waals surface area contributed by atoms with Gasteiger partial charge in [-0.05, 0) is 12.1 Å². The van der Waals surface area contributed by atoms with Crippen LogP contribution >= 0.6 is 0 Å². The zero-order valence-corrected chi connectivity index (χ0v) is 16.3. The van der Waals surface area contributed by atoms with Gasteiger partial charge in [0.2, 0.25) is 5.43 Å². The van der Waals surface area contributed by atoms with Gasteiger partial charge in [-0.25, -0.2) is 0 Å². The number of aromatic hydroxyl groups is 4. The summed E-state index contributed by atoms with van der Waals surface area (Å²) >= 11 is 0. The van der Waals surface area contributed by atoms with Crippen LogP contribution in [-0.2, 0) is 4.74 Å². The molecular formula is C21H20O11. The average Bonchev–Trinajstić information content (AvgIpc) is 2.74. The van der Waals surface area contributed by atoms with E-state index in [0.29, 0.717) is 0 Å². The number of hydrogen-bond acceptors (Lipinski definition) is 11. The molecule has 5 atom stereocenters. The topological polar surface area (TPSA) is 201 Å². The molecule has 2 heterocycles. The highest BCUT2D eigenvalue weighted by atomic mass is 16.5. The highest BCUT2D eigenvalue weighted by Crippen LogP contribution is 2.43. The minimum absolute atomic E-state index is 0.000292. The molecule has 8 N–H and O–H groups in total. The van der Waals surface area contributed by atoms with E-state index in [-0.39, 0.29) is 28.0 Å². The lowest BCUT2D eigenvalue weighted by atomic mass is 9.89. The maximum atomic E-state index is 13.1. The van der Waals surface area contributed by atoms with Crippen LogP contribution in [0.3, 0.4) is 0 Å². The molecule has 2 aromatic carbocycles. The second kappa shape index (κ2) is 7.97. The van der Waals surface area contributed by atoms with Gasteiger partial charge in [0.1, 0.15) is 65.2 Å². The molecule has 0 saturated carbocycles. The molecule has 1 aromatic heterocycles. The zero-order valence-electron chi connectivity index (χ0n) is 16.3. The molecule has 4 rings (SSSR count). The van der Waals surface area contributed by atoms with Gasteiger partial charge in [-0.1, -0.05) is 0 Å². The standard InChI is InChI=1S/C21H20O11/c22-5-13-17(28)18(29)19(30)21(32-13)15-12(26)4-11(25)14-16(27)9(6-31-20(14)15)8-2-1-7(23)3-10(8)24/h1-4,6,13,17-19,21-26,28-30H,5H2/t13-,17-,18+,19-,21+/m1/s1. The number of rotatable bonds is 3. The maximum Gasteiger partial charge on any atom is 0.204 e. The molecule has 1 aliphatic heterocycles. The molecule has 11 heteroatoms. The first-order valence-electron chi connectivity index (χ1n) is 9.48. The van der Waals surface area contributed by atoms with Gasteiger partial charge in [-0.15, -0.1) is 0 Å². The first-order chi connectivity index (χ1) is 15.1. The van der Waals surface area contributed by atoms with Gasteiger partial charge in [0.05, 0.1) is 17.7 Å². The summed E-state index contributed by atoms with van der Waals surface area (Å²) in [6.07, 6.45) is -7.06. The molecule has 1 fully saturated rings. The molecule has 11 nitrogen and oxygen atoms in total. The number of aliphatic hydroxyl groups is 4. The summed E-state index contributed by atoms with van der Waals surface area (Å²) in [6, 6.07) is 4.32. The Morgan fingerprint density at radius 3 is 2.22 bits per heavy atom. The zero-order chi connectivity index (χ0) is 23.3. The minimum atomic E-state index is -1.78. The lowest BCUT2D eigenvalue weighted by Crippen LogP contribution is -2.55. The summed E-state index contributed by atoms with van der Waals surface area (Å²) in [7, 11) is 0. The quantitative estimate of drug-likeness (QED) is 0.264. The van der Waals surface area contributed by atoms with Gasteiger partial charge in [0, 0.05) is 17.7 Å². The molecule has 0 spiro atoms. The Hall–Kier alpha value is -3.35. The molecule has 170 valence electrons.